The number of nitrogens with zero attached hydrogens (tertiary/aromatic N) is 2. The van der Waals surface area contributed by atoms with Gasteiger partial charge in [0.05, 0.1) is 10.0 Å². The van der Waals surface area contributed by atoms with Gasteiger partial charge in [-0.15, -0.1) is 0 Å². The van der Waals surface area contributed by atoms with Gasteiger partial charge in [-0.2, -0.15) is 0 Å². The SMILES string of the molecule is Cc1onc(-c2c(Cl)cccc2Cl)c1C(=O)N(C)CCCC(=O)O. The first kappa shape index (κ1) is 18.3. The van der Waals surface area contributed by atoms with Gasteiger partial charge in [-0.1, -0.05) is 34.4 Å². The molecular weight excluding hydrogens is 355 g/mol. The monoisotopic (exact) mass is 370 g/mol. The zero-order valence-electron chi connectivity index (χ0n) is 13.2. The second-order valence-corrected chi connectivity index (χ2v) is 6.10. The van der Waals surface area contributed by atoms with E-state index < -0.39 is 5.97 Å². The van der Waals surface area contributed by atoms with Gasteiger partial charge in [0.1, 0.15) is 17.0 Å². The third-order valence-electron chi connectivity index (χ3n) is 3.51. The minimum absolute atomic E-state index is 0.0105. The van der Waals surface area contributed by atoms with Crippen LogP contribution in [0.2, 0.25) is 10.0 Å². The zero-order chi connectivity index (χ0) is 17.9. The van der Waals surface area contributed by atoms with Crippen LogP contribution in [0, 0.1) is 6.92 Å². The molecule has 0 saturated carbocycles. The van der Waals surface area contributed by atoms with Gasteiger partial charge in [-0.05, 0) is 25.5 Å². The summed E-state index contributed by atoms with van der Waals surface area (Å²) in [5.41, 5.74) is 0.973. The lowest BCUT2D eigenvalue weighted by Gasteiger charge is -2.17. The Hall–Kier alpha value is -2.05. The van der Waals surface area contributed by atoms with Crippen molar-refractivity contribution in [1.82, 2.24) is 10.1 Å². The molecule has 128 valence electrons. The lowest BCUT2D eigenvalue weighted by atomic mass is 10.0. The van der Waals surface area contributed by atoms with E-state index in [2.05, 4.69) is 5.16 Å². The Kier molecular flexibility index (Phi) is 5.85. The summed E-state index contributed by atoms with van der Waals surface area (Å²) in [5.74, 6) is -0.887. The second kappa shape index (κ2) is 7.68. The number of halogens is 2. The molecule has 8 heteroatoms. The van der Waals surface area contributed by atoms with E-state index >= 15 is 0 Å². The summed E-state index contributed by atoms with van der Waals surface area (Å²) >= 11 is 12.4. The van der Waals surface area contributed by atoms with Crippen molar-refractivity contribution in [3.63, 3.8) is 0 Å². The summed E-state index contributed by atoms with van der Waals surface area (Å²) in [6.07, 6.45) is 0.341. The molecule has 2 rings (SSSR count). The number of amides is 1. The van der Waals surface area contributed by atoms with E-state index in [0.29, 0.717) is 34.3 Å². The van der Waals surface area contributed by atoms with Crippen LogP contribution in [0.1, 0.15) is 29.0 Å². The average molecular weight is 371 g/mol. The third kappa shape index (κ3) is 3.88. The van der Waals surface area contributed by atoms with Crippen LogP contribution in [-0.2, 0) is 4.79 Å². The van der Waals surface area contributed by atoms with Gasteiger partial charge >= 0.3 is 5.97 Å². The van der Waals surface area contributed by atoms with Gasteiger partial charge in [0, 0.05) is 25.6 Å². The van der Waals surface area contributed by atoms with Crippen molar-refractivity contribution in [2.45, 2.75) is 19.8 Å². The van der Waals surface area contributed by atoms with E-state index in [-0.39, 0.29) is 23.6 Å². The van der Waals surface area contributed by atoms with Crippen LogP contribution in [0.5, 0.6) is 0 Å². The van der Waals surface area contributed by atoms with Gasteiger partial charge in [0.25, 0.3) is 5.91 Å². The van der Waals surface area contributed by atoms with E-state index in [1.807, 2.05) is 0 Å². The molecule has 0 saturated heterocycles. The molecular formula is C16H16Cl2N2O4. The van der Waals surface area contributed by atoms with E-state index in [4.69, 9.17) is 32.8 Å². The Labute approximate surface area is 148 Å². The molecule has 24 heavy (non-hydrogen) atoms. The predicted octanol–water partition coefficient (Wildman–Crippen LogP) is 3.89. The van der Waals surface area contributed by atoms with Crippen molar-refractivity contribution < 1.29 is 19.2 Å². The minimum Gasteiger partial charge on any atom is -0.481 e. The number of aliphatic carboxylic acids is 1. The van der Waals surface area contributed by atoms with Gasteiger partial charge in [0.2, 0.25) is 0 Å². The van der Waals surface area contributed by atoms with Crippen LogP contribution < -0.4 is 0 Å². The summed E-state index contributed by atoms with van der Waals surface area (Å²) in [4.78, 5) is 24.7. The molecule has 0 atom stereocenters. The van der Waals surface area contributed by atoms with E-state index in [1.165, 1.54) is 4.90 Å². The molecule has 1 heterocycles. The average Bonchev–Trinajstić information content (AvgIpc) is 2.87. The molecule has 1 N–H and O–H groups in total. The zero-order valence-corrected chi connectivity index (χ0v) is 14.7. The summed E-state index contributed by atoms with van der Waals surface area (Å²) in [7, 11) is 1.59. The van der Waals surface area contributed by atoms with Crippen LogP contribution in [0.4, 0.5) is 0 Å². The molecule has 1 aromatic heterocycles. The number of carbonyl (C=O) groups is 2. The number of carbonyl (C=O) groups excluding carboxylic acids is 1. The maximum absolute atomic E-state index is 12.7. The highest BCUT2D eigenvalue weighted by Crippen LogP contribution is 2.37. The molecule has 0 fully saturated rings. The maximum atomic E-state index is 12.7. The Balaban J connectivity index is 2.33. The summed E-state index contributed by atoms with van der Waals surface area (Å²) < 4.78 is 5.17. The summed E-state index contributed by atoms with van der Waals surface area (Å²) in [6.45, 7) is 1.92. The van der Waals surface area contributed by atoms with Crippen LogP contribution in [0.15, 0.2) is 22.7 Å². The minimum atomic E-state index is -0.902. The molecule has 0 unspecified atom stereocenters. The molecule has 1 aromatic carbocycles. The van der Waals surface area contributed by atoms with Gasteiger partial charge in [-0.25, -0.2) is 0 Å². The maximum Gasteiger partial charge on any atom is 0.303 e. The number of carboxylic acids is 1. The normalized spacial score (nSPS) is 10.7. The molecule has 0 radical (unpaired) electrons. The molecule has 0 aliphatic heterocycles. The van der Waals surface area contributed by atoms with Crippen molar-refractivity contribution in [1.29, 1.82) is 0 Å². The molecule has 0 bridgehead atoms. The number of benzene rings is 1. The Morgan fingerprint density at radius 1 is 1.29 bits per heavy atom. The fraction of sp³-hybridized carbons (Fsp3) is 0.312. The Bertz CT molecular complexity index is 753. The summed E-state index contributed by atoms with van der Waals surface area (Å²) in [6, 6.07) is 5.00. The Morgan fingerprint density at radius 2 is 1.92 bits per heavy atom. The van der Waals surface area contributed by atoms with Gasteiger partial charge < -0.3 is 14.5 Å². The first-order chi connectivity index (χ1) is 11.3. The number of carboxylic acid groups (broad SMARTS) is 1. The highest BCUT2D eigenvalue weighted by Gasteiger charge is 2.26. The topological polar surface area (TPSA) is 83.6 Å². The molecule has 0 aliphatic carbocycles. The highest BCUT2D eigenvalue weighted by molar-refractivity contribution is 6.39. The first-order valence-corrected chi connectivity index (χ1v) is 7.96. The third-order valence-corrected chi connectivity index (χ3v) is 4.14. The van der Waals surface area contributed by atoms with Crippen molar-refractivity contribution in [2.75, 3.05) is 13.6 Å². The molecule has 2 aromatic rings. The fourth-order valence-corrected chi connectivity index (χ4v) is 2.86. The smallest absolute Gasteiger partial charge is 0.303 e. The van der Waals surface area contributed by atoms with Gasteiger partial charge in [-0.3, -0.25) is 9.59 Å². The molecule has 6 nitrogen and oxygen atoms in total. The van der Waals surface area contributed by atoms with Crippen LogP contribution in [-0.4, -0.2) is 40.6 Å². The largest absolute Gasteiger partial charge is 0.481 e. The first-order valence-electron chi connectivity index (χ1n) is 7.20. The fourth-order valence-electron chi connectivity index (χ4n) is 2.28. The van der Waals surface area contributed by atoms with Crippen LogP contribution >= 0.6 is 23.2 Å². The number of hydrogen-bond acceptors (Lipinski definition) is 4. The van der Waals surface area contributed by atoms with Crippen molar-refractivity contribution in [3.8, 4) is 11.3 Å². The van der Waals surface area contributed by atoms with E-state index in [9.17, 15) is 9.59 Å². The van der Waals surface area contributed by atoms with E-state index in [1.54, 1.807) is 32.2 Å². The molecule has 1 amide bonds. The second-order valence-electron chi connectivity index (χ2n) is 5.28. The van der Waals surface area contributed by atoms with Crippen LogP contribution in [0.3, 0.4) is 0 Å². The Morgan fingerprint density at radius 3 is 2.50 bits per heavy atom. The number of aryl methyl sites for hydroxylation is 1. The van der Waals surface area contributed by atoms with Crippen molar-refractivity contribution in [3.05, 3.63) is 39.6 Å². The van der Waals surface area contributed by atoms with Crippen molar-refractivity contribution >= 4 is 35.1 Å². The number of aromatic nitrogens is 1. The van der Waals surface area contributed by atoms with Crippen molar-refractivity contribution in [2.24, 2.45) is 0 Å². The van der Waals surface area contributed by atoms with Gasteiger partial charge in [0.15, 0.2) is 0 Å². The highest BCUT2D eigenvalue weighted by atomic mass is 35.5. The number of hydrogen-bond donors (Lipinski definition) is 1. The number of rotatable bonds is 6. The van der Waals surface area contributed by atoms with Crippen LogP contribution in [0.25, 0.3) is 11.3 Å². The molecule has 0 spiro atoms. The van der Waals surface area contributed by atoms with E-state index in [0.717, 1.165) is 0 Å². The lowest BCUT2D eigenvalue weighted by molar-refractivity contribution is -0.137. The predicted molar refractivity (Wildman–Crippen MR) is 90.5 cm³/mol. The summed E-state index contributed by atoms with van der Waals surface area (Å²) in [5, 5.41) is 13.3. The lowest BCUT2D eigenvalue weighted by Crippen LogP contribution is -2.28. The standard InChI is InChI=1S/C16H16Cl2N2O4/c1-9-13(16(23)20(2)8-4-7-12(21)22)15(19-24-9)14-10(17)5-3-6-11(14)18/h3,5-6H,4,7-8H2,1-2H3,(H,21,22). The molecule has 0 aliphatic rings. The quantitative estimate of drug-likeness (QED) is 0.833.